The number of nitrogens with zero attached hydrogens (tertiary/aromatic N) is 2. The van der Waals surface area contributed by atoms with Gasteiger partial charge in [0.2, 0.25) is 0 Å². The minimum atomic E-state index is -4.58. The van der Waals surface area contributed by atoms with Gasteiger partial charge in [-0.1, -0.05) is 0 Å². The molecule has 1 aromatic carbocycles. The van der Waals surface area contributed by atoms with E-state index in [4.69, 9.17) is 16.0 Å². The van der Waals surface area contributed by atoms with Crippen molar-refractivity contribution >= 4 is 38.6 Å². The summed E-state index contributed by atoms with van der Waals surface area (Å²) >= 11 is 9.26. The molecule has 1 aliphatic rings. The Morgan fingerprint density at radius 3 is 2.75 bits per heavy atom. The minimum absolute atomic E-state index is 0.170. The molecule has 1 aliphatic heterocycles. The van der Waals surface area contributed by atoms with E-state index in [0.717, 1.165) is 43.5 Å². The van der Waals surface area contributed by atoms with Crippen molar-refractivity contribution < 1.29 is 17.6 Å². The van der Waals surface area contributed by atoms with Crippen molar-refractivity contribution in [3.05, 3.63) is 27.6 Å². The molecule has 1 atom stereocenters. The summed E-state index contributed by atoms with van der Waals surface area (Å²) in [4.78, 5) is 5.98. The summed E-state index contributed by atoms with van der Waals surface area (Å²) in [5.41, 5.74) is 2.45. The third-order valence-electron chi connectivity index (χ3n) is 4.53. The molecule has 3 rings (SSSR count). The molecule has 0 radical (unpaired) electrons. The first kappa shape index (κ1) is 18.0. The molecule has 2 aromatic rings. The van der Waals surface area contributed by atoms with Gasteiger partial charge in [-0.2, -0.15) is 13.2 Å². The fourth-order valence-electron chi connectivity index (χ4n) is 3.14. The molecule has 0 bridgehead atoms. The van der Waals surface area contributed by atoms with Crippen LogP contribution in [0.2, 0.25) is 0 Å². The van der Waals surface area contributed by atoms with Crippen molar-refractivity contribution in [2.24, 2.45) is 0 Å². The lowest BCUT2D eigenvalue weighted by atomic mass is 10.0. The van der Waals surface area contributed by atoms with Gasteiger partial charge in [-0.3, -0.25) is 4.90 Å². The average molecular weight is 426 g/mol. The molecule has 3 nitrogen and oxygen atoms in total. The maximum Gasteiger partial charge on any atom is 0.468 e. The van der Waals surface area contributed by atoms with Gasteiger partial charge < -0.3 is 4.42 Å². The Hall–Kier alpha value is -0.790. The van der Waals surface area contributed by atoms with Crippen molar-refractivity contribution in [3.63, 3.8) is 0 Å². The minimum Gasteiger partial charge on any atom is -0.432 e. The van der Waals surface area contributed by atoms with Crippen molar-refractivity contribution in [1.29, 1.82) is 0 Å². The highest BCUT2D eigenvalue weighted by atomic mass is 79.9. The highest BCUT2D eigenvalue weighted by Gasteiger charge is 2.38. The molecule has 24 heavy (non-hydrogen) atoms. The zero-order valence-corrected chi connectivity index (χ0v) is 15.4. The average Bonchev–Trinajstić information content (AvgIpc) is 2.82. The zero-order valence-electron chi connectivity index (χ0n) is 13.1. The van der Waals surface area contributed by atoms with Gasteiger partial charge in [0.1, 0.15) is 5.52 Å². The van der Waals surface area contributed by atoms with Gasteiger partial charge in [-0.15, -0.1) is 11.6 Å². The molecular formula is C16H17BrClF3N2O. The fraction of sp³-hybridized carbons (Fsp3) is 0.562. The van der Waals surface area contributed by atoms with E-state index in [1.165, 1.54) is 0 Å². The van der Waals surface area contributed by atoms with Crippen LogP contribution in [0.1, 0.15) is 30.4 Å². The van der Waals surface area contributed by atoms with Crippen LogP contribution in [0.4, 0.5) is 13.2 Å². The molecule has 0 fully saturated rings. The van der Waals surface area contributed by atoms with Crippen LogP contribution in [0.5, 0.6) is 0 Å². The first-order chi connectivity index (χ1) is 11.3. The van der Waals surface area contributed by atoms with Crippen LogP contribution in [-0.4, -0.2) is 34.9 Å². The number of alkyl halides is 4. The second kappa shape index (κ2) is 6.84. The number of hydrogen-bond donors (Lipinski definition) is 0. The maximum atomic E-state index is 12.8. The van der Waals surface area contributed by atoms with Crippen molar-refractivity contribution in [1.82, 2.24) is 9.88 Å². The SMILES string of the molecule is CC(CCCl)N1CCc2cc3nc(C(F)(F)F)oc3c(Br)c2CC1. The summed E-state index contributed by atoms with van der Waals surface area (Å²) < 4.78 is 44.0. The van der Waals surface area contributed by atoms with E-state index in [9.17, 15) is 13.2 Å². The lowest BCUT2D eigenvalue weighted by molar-refractivity contribution is -0.156. The van der Waals surface area contributed by atoms with Crippen molar-refractivity contribution in [2.45, 2.75) is 38.4 Å². The standard InChI is InChI=1S/C16H17BrClF3N2O/c1-9(2-5-18)23-6-3-10-8-12-14(13(17)11(10)4-7-23)24-15(22-12)16(19,20)21/h8-9H,2-7H2,1H3. The largest absolute Gasteiger partial charge is 0.468 e. The van der Waals surface area contributed by atoms with Crippen molar-refractivity contribution in [2.75, 3.05) is 19.0 Å². The number of hydrogen-bond acceptors (Lipinski definition) is 3. The van der Waals surface area contributed by atoms with Crippen LogP contribution >= 0.6 is 27.5 Å². The van der Waals surface area contributed by atoms with E-state index in [1.54, 1.807) is 6.07 Å². The second-order valence-electron chi connectivity index (χ2n) is 6.06. The number of fused-ring (bicyclic) bond motifs is 2. The van der Waals surface area contributed by atoms with E-state index in [1.807, 2.05) is 0 Å². The Labute approximate surface area is 151 Å². The second-order valence-corrected chi connectivity index (χ2v) is 7.23. The summed E-state index contributed by atoms with van der Waals surface area (Å²) in [5.74, 6) is -0.582. The number of aromatic nitrogens is 1. The summed E-state index contributed by atoms with van der Waals surface area (Å²) in [6.45, 7) is 3.85. The molecule has 0 saturated carbocycles. The third kappa shape index (κ3) is 3.44. The highest BCUT2D eigenvalue weighted by Crippen LogP contribution is 2.37. The molecule has 8 heteroatoms. The molecule has 132 valence electrons. The van der Waals surface area contributed by atoms with Gasteiger partial charge in [0.15, 0.2) is 5.58 Å². The predicted octanol–water partition coefficient (Wildman–Crippen LogP) is 5.03. The van der Waals surface area contributed by atoms with E-state index >= 15 is 0 Å². The van der Waals surface area contributed by atoms with Crippen LogP contribution in [0, 0.1) is 0 Å². The van der Waals surface area contributed by atoms with E-state index < -0.39 is 12.1 Å². The third-order valence-corrected chi connectivity index (χ3v) is 5.58. The molecule has 0 spiro atoms. The molecule has 0 N–H and O–H groups in total. The maximum absolute atomic E-state index is 12.8. The van der Waals surface area contributed by atoms with Gasteiger partial charge in [0.05, 0.1) is 4.47 Å². The number of oxazole rings is 1. The van der Waals surface area contributed by atoms with Crippen LogP contribution in [-0.2, 0) is 19.0 Å². The van der Waals surface area contributed by atoms with E-state index in [0.29, 0.717) is 16.4 Å². The topological polar surface area (TPSA) is 29.3 Å². The van der Waals surface area contributed by atoms with Gasteiger partial charge in [-0.05, 0) is 59.3 Å². The lowest BCUT2D eigenvalue weighted by Gasteiger charge is -2.26. The monoisotopic (exact) mass is 424 g/mol. The number of halogens is 5. The lowest BCUT2D eigenvalue weighted by Crippen LogP contribution is -2.35. The van der Waals surface area contributed by atoms with E-state index in [-0.39, 0.29) is 11.1 Å². The summed E-state index contributed by atoms with van der Waals surface area (Å²) in [6, 6.07) is 2.11. The molecule has 1 unspecified atom stereocenters. The molecular weight excluding hydrogens is 409 g/mol. The normalized spacial score (nSPS) is 17.8. The quantitative estimate of drug-likeness (QED) is 0.646. The predicted molar refractivity (Wildman–Crippen MR) is 90.5 cm³/mol. The first-order valence-electron chi connectivity index (χ1n) is 7.79. The Bertz CT molecular complexity index is 747. The van der Waals surface area contributed by atoms with Gasteiger partial charge in [0, 0.05) is 25.0 Å². The molecule has 2 heterocycles. The number of benzene rings is 1. The number of rotatable bonds is 3. The summed E-state index contributed by atoms with van der Waals surface area (Å²) in [6.07, 6.45) is -2.15. The van der Waals surface area contributed by atoms with Crippen LogP contribution < -0.4 is 0 Å². The first-order valence-corrected chi connectivity index (χ1v) is 9.12. The van der Waals surface area contributed by atoms with E-state index in [2.05, 4.69) is 32.7 Å². The van der Waals surface area contributed by atoms with Gasteiger partial charge in [0.25, 0.3) is 0 Å². The van der Waals surface area contributed by atoms with Crippen LogP contribution in [0.3, 0.4) is 0 Å². The van der Waals surface area contributed by atoms with Crippen LogP contribution in [0.25, 0.3) is 11.1 Å². The van der Waals surface area contributed by atoms with Gasteiger partial charge >= 0.3 is 12.1 Å². The Morgan fingerprint density at radius 2 is 2.08 bits per heavy atom. The Balaban J connectivity index is 1.94. The molecule has 1 aromatic heterocycles. The van der Waals surface area contributed by atoms with Crippen molar-refractivity contribution in [3.8, 4) is 0 Å². The smallest absolute Gasteiger partial charge is 0.432 e. The molecule has 0 aliphatic carbocycles. The molecule has 0 saturated heterocycles. The van der Waals surface area contributed by atoms with Gasteiger partial charge in [-0.25, -0.2) is 4.98 Å². The Morgan fingerprint density at radius 1 is 1.38 bits per heavy atom. The molecule has 0 amide bonds. The fourth-order valence-corrected chi connectivity index (χ4v) is 4.20. The zero-order chi connectivity index (χ0) is 17.5. The highest BCUT2D eigenvalue weighted by molar-refractivity contribution is 9.10. The Kier molecular flexibility index (Phi) is 5.14. The van der Waals surface area contributed by atoms with Crippen LogP contribution in [0.15, 0.2) is 15.0 Å². The summed E-state index contributed by atoms with van der Waals surface area (Å²) in [5, 5.41) is 0. The summed E-state index contributed by atoms with van der Waals surface area (Å²) in [7, 11) is 0.